The summed E-state index contributed by atoms with van der Waals surface area (Å²) >= 11 is 0. The van der Waals surface area contributed by atoms with E-state index in [1.807, 2.05) is 19.9 Å². The number of aliphatic hydroxyl groups is 1. The molecule has 0 aromatic heterocycles. The first-order valence-electron chi connectivity index (χ1n) is 4.42. The highest BCUT2D eigenvalue weighted by molar-refractivity contribution is 5.97. The summed E-state index contributed by atoms with van der Waals surface area (Å²) in [4.78, 5) is 11.4. The van der Waals surface area contributed by atoms with Gasteiger partial charge in [-0.05, 0) is 18.1 Å². The number of aryl methyl sites for hydroxylation is 1. The Balaban J connectivity index is 3.05. The predicted molar refractivity (Wildman–Crippen MR) is 51.7 cm³/mol. The van der Waals surface area contributed by atoms with Crippen LogP contribution < -0.4 is 0 Å². The minimum Gasteiger partial charge on any atom is -0.392 e. The number of rotatable bonds is 3. The van der Waals surface area contributed by atoms with E-state index in [-0.39, 0.29) is 12.4 Å². The lowest BCUT2D eigenvalue weighted by atomic mass is 10.0. The summed E-state index contributed by atoms with van der Waals surface area (Å²) in [6, 6.07) is 5.42. The van der Waals surface area contributed by atoms with Gasteiger partial charge in [-0.15, -0.1) is 0 Å². The van der Waals surface area contributed by atoms with Crippen LogP contribution in [-0.2, 0) is 6.61 Å². The second kappa shape index (κ2) is 4.19. The van der Waals surface area contributed by atoms with E-state index in [9.17, 15) is 4.79 Å². The van der Waals surface area contributed by atoms with Gasteiger partial charge in [0.1, 0.15) is 0 Å². The van der Waals surface area contributed by atoms with Crippen LogP contribution in [0.25, 0.3) is 0 Å². The molecule has 70 valence electrons. The third kappa shape index (κ3) is 2.16. The molecular weight excluding hydrogens is 164 g/mol. The Kier molecular flexibility index (Phi) is 3.20. The van der Waals surface area contributed by atoms with Gasteiger partial charge in [-0.25, -0.2) is 0 Å². The third-order valence-electron chi connectivity index (χ3n) is 2.09. The molecule has 0 amide bonds. The van der Waals surface area contributed by atoms with Crippen LogP contribution in [0.15, 0.2) is 18.2 Å². The first-order valence-corrected chi connectivity index (χ1v) is 4.42. The van der Waals surface area contributed by atoms with Gasteiger partial charge in [0.05, 0.1) is 6.61 Å². The summed E-state index contributed by atoms with van der Waals surface area (Å²) in [5.41, 5.74) is 2.56. The molecule has 0 fully saturated rings. The molecule has 0 aliphatic heterocycles. The molecule has 0 bridgehead atoms. The molecule has 1 aromatic carbocycles. The van der Waals surface area contributed by atoms with Crippen molar-refractivity contribution in [1.82, 2.24) is 0 Å². The van der Waals surface area contributed by atoms with Gasteiger partial charge in [0.25, 0.3) is 0 Å². The van der Waals surface area contributed by atoms with Gasteiger partial charge < -0.3 is 5.11 Å². The fourth-order valence-corrected chi connectivity index (χ4v) is 1.33. The first kappa shape index (κ1) is 9.93. The number of Topliss-reactive ketones (excluding diaryl/α,β-unsaturated/α-hetero) is 1. The zero-order chi connectivity index (χ0) is 9.84. The Hall–Kier alpha value is -1.15. The molecule has 0 aliphatic rings. The van der Waals surface area contributed by atoms with Crippen LogP contribution in [0.1, 0.15) is 34.8 Å². The minimum absolute atomic E-state index is 0.0292. The Morgan fingerprint density at radius 1 is 1.46 bits per heavy atom. The molecule has 0 saturated heterocycles. The van der Waals surface area contributed by atoms with Crippen molar-refractivity contribution in [3.05, 3.63) is 34.9 Å². The molecule has 0 spiro atoms. The molecular formula is C11H14O2. The maximum Gasteiger partial charge on any atom is 0.162 e. The predicted octanol–water partition coefficient (Wildman–Crippen LogP) is 2.08. The molecule has 1 rings (SSSR count). The maximum atomic E-state index is 11.4. The first-order chi connectivity index (χ1) is 6.19. The second-order valence-corrected chi connectivity index (χ2v) is 3.08. The highest BCUT2D eigenvalue weighted by Crippen LogP contribution is 2.12. The van der Waals surface area contributed by atoms with Gasteiger partial charge in [0.2, 0.25) is 0 Å². The number of carbonyl (C=O) groups excluding carboxylic acids is 1. The molecule has 0 unspecified atom stereocenters. The lowest BCUT2D eigenvalue weighted by Gasteiger charge is -2.04. The zero-order valence-electron chi connectivity index (χ0n) is 8.00. The number of aliphatic hydroxyl groups excluding tert-OH is 1. The molecule has 1 aromatic rings. The Labute approximate surface area is 78.2 Å². The molecule has 2 nitrogen and oxygen atoms in total. The van der Waals surface area contributed by atoms with Crippen molar-refractivity contribution in [3.63, 3.8) is 0 Å². The highest BCUT2D eigenvalue weighted by Gasteiger charge is 2.06. The third-order valence-corrected chi connectivity index (χ3v) is 2.09. The topological polar surface area (TPSA) is 37.3 Å². The summed E-state index contributed by atoms with van der Waals surface area (Å²) in [6.07, 6.45) is 0.527. The molecule has 0 saturated carbocycles. The molecule has 2 heteroatoms. The van der Waals surface area contributed by atoms with Crippen molar-refractivity contribution in [2.75, 3.05) is 0 Å². The van der Waals surface area contributed by atoms with Crippen molar-refractivity contribution >= 4 is 5.78 Å². The van der Waals surface area contributed by atoms with Gasteiger partial charge in [-0.2, -0.15) is 0 Å². The maximum absolute atomic E-state index is 11.4. The quantitative estimate of drug-likeness (QED) is 0.719. The van der Waals surface area contributed by atoms with Gasteiger partial charge in [-0.1, -0.05) is 25.1 Å². The summed E-state index contributed by atoms with van der Waals surface area (Å²) in [6.45, 7) is 3.77. The SMILES string of the molecule is CCC(=O)c1ccc(CO)cc1C. The van der Waals surface area contributed by atoms with Gasteiger partial charge in [0, 0.05) is 12.0 Å². The van der Waals surface area contributed by atoms with Crippen molar-refractivity contribution in [1.29, 1.82) is 0 Å². The van der Waals surface area contributed by atoms with E-state index < -0.39 is 0 Å². The van der Waals surface area contributed by atoms with E-state index >= 15 is 0 Å². The van der Waals surface area contributed by atoms with E-state index in [4.69, 9.17) is 5.11 Å². The second-order valence-electron chi connectivity index (χ2n) is 3.08. The number of carbonyl (C=O) groups is 1. The molecule has 0 heterocycles. The van der Waals surface area contributed by atoms with Crippen LogP contribution in [0.4, 0.5) is 0 Å². The lowest BCUT2D eigenvalue weighted by Crippen LogP contribution is -2.00. The Morgan fingerprint density at radius 2 is 2.15 bits per heavy atom. The largest absolute Gasteiger partial charge is 0.392 e. The van der Waals surface area contributed by atoms with Crippen LogP contribution >= 0.6 is 0 Å². The standard InChI is InChI=1S/C11H14O2/c1-3-11(13)10-5-4-9(7-12)6-8(10)2/h4-6,12H,3,7H2,1-2H3. The Bertz CT molecular complexity index is 316. The van der Waals surface area contributed by atoms with E-state index in [0.29, 0.717) is 6.42 Å². The monoisotopic (exact) mass is 178 g/mol. The van der Waals surface area contributed by atoms with Gasteiger partial charge in [0.15, 0.2) is 5.78 Å². The van der Waals surface area contributed by atoms with Crippen molar-refractivity contribution < 1.29 is 9.90 Å². The normalized spacial score (nSPS) is 10.1. The highest BCUT2D eigenvalue weighted by atomic mass is 16.3. The summed E-state index contributed by atoms with van der Waals surface area (Å²) in [7, 11) is 0. The zero-order valence-corrected chi connectivity index (χ0v) is 8.00. The smallest absolute Gasteiger partial charge is 0.162 e. The number of benzene rings is 1. The number of hydrogen-bond donors (Lipinski definition) is 1. The van der Waals surface area contributed by atoms with Crippen LogP contribution in [0, 0.1) is 6.92 Å². The fourth-order valence-electron chi connectivity index (χ4n) is 1.33. The van der Waals surface area contributed by atoms with Crippen LogP contribution in [0.5, 0.6) is 0 Å². The van der Waals surface area contributed by atoms with Gasteiger partial charge in [-0.3, -0.25) is 4.79 Å². The average molecular weight is 178 g/mol. The van der Waals surface area contributed by atoms with Crippen molar-refractivity contribution in [2.45, 2.75) is 26.9 Å². The molecule has 13 heavy (non-hydrogen) atoms. The van der Waals surface area contributed by atoms with Crippen molar-refractivity contribution in [2.24, 2.45) is 0 Å². The van der Waals surface area contributed by atoms with Crippen LogP contribution in [0.3, 0.4) is 0 Å². The number of hydrogen-bond acceptors (Lipinski definition) is 2. The lowest BCUT2D eigenvalue weighted by molar-refractivity contribution is 0.0987. The van der Waals surface area contributed by atoms with Crippen LogP contribution in [0.2, 0.25) is 0 Å². The summed E-state index contributed by atoms with van der Waals surface area (Å²) in [5.74, 6) is 0.155. The van der Waals surface area contributed by atoms with Crippen molar-refractivity contribution in [3.8, 4) is 0 Å². The molecule has 1 N–H and O–H groups in total. The summed E-state index contributed by atoms with van der Waals surface area (Å²) < 4.78 is 0. The van der Waals surface area contributed by atoms with Crippen LogP contribution in [-0.4, -0.2) is 10.9 Å². The van der Waals surface area contributed by atoms with E-state index in [0.717, 1.165) is 16.7 Å². The Morgan fingerprint density at radius 3 is 2.62 bits per heavy atom. The van der Waals surface area contributed by atoms with E-state index in [2.05, 4.69) is 0 Å². The van der Waals surface area contributed by atoms with E-state index in [1.165, 1.54) is 0 Å². The molecule has 0 radical (unpaired) electrons. The minimum atomic E-state index is 0.0292. The fraction of sp³-hybridized carbons (Fsp3) is 0.364. The van der Waals surface area contributed by atoms with E-state index in [1.54, 1.807) is 12.1 Å². The van der Waals surface area contributed by atoms with Gasteiger partial charge >= 0.3 is 0 Å². The number of ketones is 1. The molecule has 0 atom stereocenters. The summed E-state index contributed by atoms with van der Waals surface area (Å²) in [5, 5.41) is 8.86. The molecule has 0 aliphatic carbocycles. The average Bonchev–Trinajstić information content (AvgIpc) is 2.16.